The average Bonchev–Trinajstić information content (AvgIpc) is 3.16. The fraction of sp³-hybridized carbons (Fsp3) is 0.333. The van der Waals surface area contributed by atoms with Gasteiger partial charge in [0.2, 0.25) is 16.0 Å². The van der Waals surface area contributed by atoms with Crippen LogP contribution in [0.2, 0.25) is 0 Å². The first-order valence-electron chi connectivity index (χ1n) is 18.2. The molecule has 1 aromatic heterocycles. The van der Waals surface area contributed by atoms with Gasteiger partial charge in [-0.25, -0.2) is 18.4 Å². The van der Waals surface area contributed by atoms with E-state index in [-0.39, 0.29) is 16.9 Å². The van der Waals surface area contributed by atoms with Gasteiger partial charge in [-0.2, -0.15) is 5.26 Å². The largest absolute Gasteiger partial charge is 0.492 e. The molecule has 1 heterocycles. The second-order valence-electron chi connectivity index (χ2n) is 14.2. The first-order valence-corrected chi connectivity index (χ1v) is 20.1. The lowest BCUT2D eigenvalue weighted by atomic mass is 9.86. The molecule has 3 N–H and O–H groups in total. The van der Waals surface area contributed by atoms with Crippen LogP contribution < -0.4 is 24.8 Å². The predicted molar refractivity (Wildman–Crippen MR) is 221 cm³/mol. The van der Waals surface area contributed by atoms with Crippen LogP contribution in [0, 0.1) is 18.3 Å². The molecular formula is C42H48N6O8S. The number of carbonyl (C=O) groups excluding carboxylic acids is 1. The van der Waals surface area contributed by atoms with E-state index < -0.39 is 15.9 Å². The molecule has 0 aliphatic rings. The molecule has 5 rings (SSSR count). The fourth-order valence-corrected chi connectivity index (χ4v) is 6.36. The summed E-state index contributed by atoms with van der Waals surface area (Å²) in [6.07, 6.45) is 2.77. The van der Waals surface area contributed by atoms with Crippen LogP contribution in [0.3, 0.4) is 0 Å². The number of aryl methyl sites for hydroxylation is 1. The van der Waals surface area contributed by atoms with Crippen LogP contribution in [0.25, 0.3) is 22.0 Å². The van der Waals surface area contributed by atoms with Crippen molar-refractivity contribution in [3.63, 3.8) is 0 Å². The minimum absolute atomic E-state index is 0.196. The highest BCUT2D eigenvalue weighted by atomic mass is 32.2. The zero-order valence-electron chi connectivity index (χ0n) is 33.2. The third kappa shape index (κ3) is 11.9. The lowest BCUT2D eigenvalue weighted by Gasteiger charge is -2.24. The van der Waals surface area contributed by atoms with Crippen molar-refractivity contribution in [3.05, 3.63) is 95.2 Å². The normalized spacial score (nSPS) is 11.5. The molecule has 1 amide bonds. The fourth-order valence-electron chi connectivity index (χ4n) is 5.81. The number of sulfonamides is 1. The molecule has 300 valence electrons. The molecule has 0 saturated carbocycles. The number of hydrogen-bond acceptors (Lipinski definition) is 12. The number of nitrogens with zero attached hydrogens (tertiary/aromatic N) is 3. The summed E-state index contributed by atoms with van der Waals surface area (Å²) in [5.74, 6) is 0.636. The molecule has 0 bridgehead atoms. The lowest BCUT2D eigenvalue weighted by Crippen LogP contribution is -2.18. The molecule has 0 saturated heterocycles. The lowest BCUT2D eigenvalue weighted by molar-refractivity contribution is 0.0180. The number of amides is 1. The maximum absolute atomic E-state index is 13.8. The summed E-state index contributed by atoms with van der Waals surface area (Å²) in [4.78, 5) is 23.0. The number of aromatic nitrogens is 2. The van der Waals surface area contributed by atoms with E-state index in [0.29, 0.717) is 79.4 Å². The molecule has 0 aliphatic carbocycles. The Balaban J connectivity index is 1.31. The Hall–Kier alpha value is -5.79. The minimum Gasteiger partial charge on any atom is -0.492 e. The van der Waals surface area contributed by atoms with Crippen molar-refractivity contribution >= 4 is 49.8 Å². The van der Waals surface area contributed by atoms with E-state index in [2.05, 4.69) is 26.4 Å². The van der Waals surface area contributed by atoms with Gasteiger partial charge in [0.1, 0.15) is 12.4 Å². The summed E-state index contributed by atoms with van der Waals surface area (Å²) in [5, 5.41) is 16.5. The number of benzene rings is 4. The van der Waals surface area contributed by atoms with E-state index >= 15 is 0 Å². The molecular weight excluding hydrogens is 749 g/mol. The van der Waals surface area contributed by atoms with Crippen molar-refractivity contribution in [2.24, 2.45) is 0 Å². The smallest absolute Gasteiger partial charge is 0.255 e. The summed E-state index contributed by atoms with van der Waals surface area (Å²) < 4.78 is 54.2. The highest BCUT2D eigenvalue weighted by Crippen LogP contribution is 2.39. The van der Waals surface area contributed by atoms with Crippen molar-refractivity contribution in [1.82, 2.24) is 9.97 Å². The van der Waals surface area contributed by atoms with Crippen LogP contribution >= 0.6 is 0 Å². The Morgan fingerprint density at radius 2 is 1.60 bits per heavy atom. The van der Waals surface area contributed by atoms with Gasteiger partial charge < -0.3 is 34.3 Å². The second kappa shape index (κ2) is 18.9. The van der Waals surface area contributed by atoms with Gasteiger partial charge in [-0.15, -0.1) is 0 Å². The van der Waals surface area contributed by atoms with Crippen LogP contribution in [-0.4, -0.2) is 84.4 Å². The van der Waals surface area contributed by atoms with E-state index in [9.17, 15) is 18.5 Å². The molecule has 5 aromatic rings. The predicted octanol–water partition coefficient (Wildman–Crippen LogP) is 7.21. The molecule has 0 radical (unpaired) electrons. The number of hydrogen-bond donors (Lipinski definition) is 3. The number of anilines is 4. The number of nitrogens with one attached hydrogen (secondary N) is 3. The van der Waals surface area contributed by atoms with E-state index in [4.69, 9.17) is 28.7 Å². The quantitative estimate of drug-likeness (QED) is 0.0759. The van der Waals surface area contributed by atoms with Crippen LogP contribution in [0.5, 0.6) is 11.5 Å². The van der Waals surface area contributed by atoms with Gasteiger partial charge in [0, 0.05) is 36.0 Å². The standard InChI is InChI=1S/C42H48N6O8S/c1-27-8-9-30(40(49)46-37-22-32(42(2,3)4)23-38(39(37)53-6)48-57(7,50)51)21-35(27)29-10-11-36-31(20-29)26-44-41(47-36)45-33-18-28(25-43)19-34(24-33)56-17-16-55-15-14-54-13-12-52-5/h8-11,18-24,26,48H,12-17H2,1-7H3,(H,46,49)(H,44,45,47). The van der Waals surface area contributed by atoms with Crippen molar-refractivity contribution in [1.29, 1.82) is 5.26 Å². The summed E-state index contributed by atoms with van der Waals surface area (Å²) in [6, 6.07) is 22.0. The first-order chi connectivity index (χ1) is 27.2. The molecule has 4 aromatic carbocycles. The maximum Gasteiger partial charge on any atom is 0.255 e. The molecule has 15 heteroatoms. The van der Waals surface area contributed by atoms with Crippen molar-refractivity contribution in [3.8, 4) is 28.7 Å². The van der Waals surface area contributed by atoms with Gasteiger partial charge in [0.15, 0.2) is 5.75 Å². The minimum atomic E-state index is -3.63. The third-order valence-corrected chi connectivity index (χ3v) is 9.28. The summed E-state index contributed by atoms with van der Waals surface area (Å²) in [7, 11) is -0.594. The van der Waals surface area contributed by atoms with Crippen LogP contribution in [0.4, 0.5) is 23.0 Å². The van der Waals surface area contributed by atoms with Gasteiger partial charge in [0.05, 0.1) is 74.9 Å². The number of methoxy groups -OCH3 is 2. The number of ether oxygens (including phenoxy) is 5. The molecule has 0 fully saturated rings. The zero-order valence-corrected chi connectivity index (χ0v) is 34.0. The Morgan fingerprint density at radius 3 is 2.28 bits per heavy atom. The molecule has 57 heavy (non-hydrogen) atoms. The first kappa shape index (κ1) is 42.4. The van der Waals surface area contributed by atoms with Crippen molar-refractivity contribution < 1.29 is 36.9 Å². The highest BCUT2D eigenvalue weighted by molar-refractivity contribution is 7.92. The van der Waals surface area contributed by atoms with Gasteiger partial charge in [-0.3, -0.25) is 9.52 Å². The van der Waals surface area contributed by atoms with E-state index in [1.807, 2.05) is 58.0 Å². The highest BCUT2D eigenvalue weighted by Gasteiger charge is 2.23. The second-order valence-corrected chi connectivity index (χ2v) is 16.0. The van der Waals surface area contributed by atoms with Crippen LogP contribution in [0.15, 0.2) is 72.9 Å². The topological polar surface area (TPSA) is 183 Å². The zero-order chi connectivity index (χ0) is 41.2. The Kier molecular flexibility index (Phi) is 14.0. The Morgan fingerprint density at radius 1 is 0.877 bits per heavy atom. The number of carbonyl (C=O) groups is 1. The van der Waals surface area contributed by atoms with E-state index in [1.165, 1.54) is 7.11 Å². The van der Waals surface area contributed by atoms with Crippen LogP contribution in [-0.2, 0) is 29.6 Å². The summed E-state index contributed by atoms with van der Waals surface area (Å²) >= 11 is 0. The van der Waals surface area contributed by atoms with Gasteiger partial charge in [-0.1, -0.05) is 32.9 Å². The Labute approximate surface area is 333 Å². The van der Waals surface area contributed by atoms with Gasteiger partial charge in [-0.05, 0) is 83.1 Å². The van der Waals surface area contributed by atoms with E-state index in [1.54, 1.807) is 49.7 Å². The third-order valence-electron chi connectivity index (χ3n) is 8.69. The van der Waals surface area contributed by atoms with Crippen LogP contribution in [0.1, 0.15) is 47.8 Å². The van der Waals surface area contributed by atoms with Gasteiger partial charge in [0.25, 0.3) is 5.91 Å². The summed E-state index contributed by atoms with van der Waals surface area (Å²) in [5.41, 5.74) is 5.72. The molecule has 0 unspecified atom stereocenters. The number of nitriles is 1. The molecule has 0 aliphatic heterocycles. The molecule has 0 spiro atoms. The van der Waals surface area contributed by atoms with Gasteiger partial charge >= 0.3 is 0 Å². The number of fused-ring (bicyclic) bond motifs is 1. The van der Waals surface area contributed by atoms with Crippen molar-refractivity contribution in [2.75, 3.05) is 75.5 Å². The molecule has 14 nitrogen and oxygen atoms in total. The van der Waals surface area contributed by atoms with E-state index in [0.717, 1.165) is 33.9 Å². The Bertz CT molecular complexity index is 2370. The maximum atomic E-state index is 13.8. The average molecular weight is 797 g/mol. The monoisotopic (exact) mass is 796 g/mol. The van der Waals surface area contributed by atoms with Crippen molar-refractivity contribution in [2.45, 2.75) is 33.1 Å². The molecule has 0 atom stereocenters. The number of rotatable bonds is 18. The SMILES string of the molecule is COCCOCCOCCOc1cc(C#N)cc(Nc2ncc3cc(-c4cc(C(=O)Nc5cc(C(C)(C)C)cc(NS(C)(=O)=O)c5OC)ccc4C)ccc3n2)c1. The summed E-state index contributed by atoms with van der Waals surface area (Å²) in [6.45, 7) is 10.5.